The van der Waals surface area contributed by atoms with Gasteiger partial charge in [-0.15, -0.1) is 0 Å². The molecule has 0 saturated carbocycles. The molecule has 0 spiro atoms. The lowest BCUT2D eigenvalue weighted by Crippen LogP contribution is -2.30. The van der Waals surface area contributed by atoms with Crippen molar-refractivity contribution >= 4 is 38.9 Å². The first-order valence-electron chi connectivity index (χ1n) is 15.7. The highest BCUT2D eigenvalue weighted by molar-refractivity contribution is 5.96. The molecular weight excluding hydrogens is 595 g/mol. The van der Waals surface area contributed by atoms with Gasteiger partial charge in [0.2, 0.25) is 0 Å². The zero-order valence-electron chi connectivity index (χ0n) is 27.7. The van der Waals surface area contributed by atoms with Crippen molar-refractivity contribution in [3.63, 3.8) is 0 Å². The first kappa shape index (κ1) is 31.9. The number of aromatic nitrogens is 2. The first-order valence-corrected chi connectivity index (χ1v) is 15.7. The van der Waals surface area contributed by atoms with Gasteiger partial charge in [0.05, 0.1) is 24.2 Å². The second-order valence-electron chi connectivity index (χ2n) is 12.9. The van der Waals surface area contributed by atoms with E-state index in [-0.39, 0.29) is 11.8 Å². The number of benzene rings is 4. The maximum atomic E-state index is 13.3. The van der Waals surface area contributed by atoms with Gasteiger partial charge >= 0.3 is 6.18 Å². The molecule has 6 aromatic rings. The first-order chi connectivity index (χ1) is 22.2. The summed E-state index contributed by atoms with van der Waals surface area (Å²) in [7, 11) is 2.07. The van der Waals surface area contributed by atoms with E-state index < -0.39 is 11.7 Å². The van der Waals surface area contributed by atoms with Gasteiger partial charge < -0.3 is 4.42 Å². The number of aryl methyl sites for hydroxylation is 3. The minimum atomic E-state index is -4.51. The highest BCUT2D eigenvalue weighted by Gasteiger charge is 2.34. The van der Waals surface area contributed by atoms with Crippen LogP contribution in [0.5, 0.6) is 0 Å². The molecule has 4 nitrogen and oxygen atoms in total. The third-order valence-electron chi connectivity index (χ3n) is 9.05. The second kappa shape index (κ2) is 11.6. The Morgan fingerprint density at radius 1 is 0.979 bits per heavy atom. The van der Waals surface area contributed by atoms with E-state index in [1.807, 2.05) is 30.3 Å². The molecule has 0 unspecified atom stereocenters. The van der Waals surface area contributed by atoms with Crippen LogP contribution in [0.4, 0.5) is 13.2 Å². The Bertz CT molecular complexity index is 2310. The predicted molar refractivity (Wildman–Crippen MR) is 184 cm³/mol. The average Bonchev–Trinajstić information content (AvgIpc) is 3.49. The minimum absolute atomic E-state index is 0.00826. The van der Waals surface area contributed by atoms with Gasteiger partial charge in [0, 0.05) is 27.6 Å². The Balaban J connectivity index is 1.75. The van der Waals surface area contributed by atoms with Gasteiger partial charge in [-0.3, -0.25) is 0 Å². The van der Waals surface area contributed by atoms with Crippen molar-refractivity contribution in [3.8, 4) is 23.1 Å². The number of hydrogen-bond donors (Lipinski definition) is 0. The van der Waals surface area contributed by atoms with E-state index in [2.05, 4.69) is 93.8 Å². The Kier molecular flexibility index (Phi) is 7.88. The summed E-state index contributed by atoms with van der Waals surface area (Å²) < 4.78 is 51.0. The summed E-state index contributed by atoms with van der Waals surface area (Å²) in [6, 6.07) is 22.7. The molecule has 238 valence electrons. The lowest BCUT2D eigenvalue weighted by Gasteiger charge is -2.19. The maximum absolute atomic E-state index is 13.3. The molecule has 0 atom stereocenters. The van der Waals surface area contributed by atoms with Crippen LogP contribution in [0.25, 0.3) is 55.9 Å². The zero-order chi connectivity index (χ0) is 33.9. The fraction of sp³-hybridized carbons (Fsp3) is 0.250. The van der Waals surface area contributed by atoms with Crippen LogP contribution in [0, 0.1) is 25.2 Å². The fourth-order valence-corrected chi connectivity index (χ4v) is 6.68. The van der Waals surface area contributed by atoms with Crippen LogP contribution in [-0.2, 0) is 7.05 Å². The summed E-state index contributed by atoms with van der Waals surface area (Å²) in [6.07, 6.45) is -2.02. The molecule has 4 aromatic carbocycles. The summed E-state index contributed by atoms with van der Waals surface area (Å²) in [6.45, 7) is 15.6. The third-order valence-corrected chi connectivity index (χ3v) is 9.05. The number of para-hydroxylation sites is 2. The predicted octanol–water partition coefficient (Wildman–Crippen LogP) is 10.9. The fourth-order valence-electron chi connectivity index (χ4n) is 6.68. The number of imidazole rings is 1. The highest BCUT2D eigenvalue weighted by atomic mass is 19.4. The Hall–Kier alpha value is -5.09. The third kappa shape index (κ3) is 5.32. The normalized spacial score (nSPS) is 12.4. The summed E-state index contributed by atoms with van der Waals surface area (Å²) in [5.74, 6) is 1.59. The maximum Gasteiger partial charge on any atom is 0.415 e. The lowest BCUT2D eigenvalue weighted by molar-refractivity contribution is -0.633. The van der Waals surface area contributed by atoms with Crippen LogP contribution < -0.4 is 4.57 Å². The molecule has 0 fully saturated rings. The zero-order valence-corrected chi connectivity index (χ0v) is 27.7. The summed E-state index contributed by atoms with van der Waals surface area (Å²) in [4.78, 5) is 0. The monoisotopic (exact) mass is 632 g/mol. The van der Waals surface area contributed by atoms with E-state index in [1.54, 1.807) is 6.92 Å². The number of hydrogen-bond acceptors (Lipinski definition) is 2. The summed E-state index contributed by atoms with van der Waals surface area (Å²) in [5, 5.41) is 12.4. The van der Waals surface area contributed by atoms with Crippen molar-refractivity contribution in [2.75, 3.05) is 0 Å². The van der Waals surface area contributed by atoms with Gasteiger partial charge in [0.1, 0.15) is 17.0 Å². The molecule has 0 bridgehead atoms. The second-order valence-corrected chi connectivity index (χ2v) is 12.9. The number of alkyl halides is 3. The summed E-state index contributed by atoms with van der Waals surface area (Å²) in [5.41, 5.74) is 8.18. The number of furan rings is 1. The standard InChI is InChI=1S/C40H37F3N3O/c1-22(2)31-20-33-30(16-13-25(6)40(41,42)43)26(7)47-38(33)36(23(3)4)37(31)46-35-12-10-9-11-34(35)45(8)39(46)32-19-29-18-27(21-44)14-15-28(29)17-24(32)5/h9-20,22-23H,6H2,1-5,7-8H3/q+1/b16-13-. The molecule has 0 saturated heterocycles. The van der Waals surface area contributed by atoms with Gasteiger partial charge in [-0.25, -0.2) is 4.57 Å². The van der Waals surface area contributed by atoms with Crippen molar-refractivity contribution in [3.05, 3.63) is 112 Å². The quantitative estimate of drug-likeness (QED) is 0.135. The van der Waals surface area contributed by atoms with Crippen molar-refractivity contribution in [1.29, 1.82) is 5.26 Å². The van der Waals surface area contributed by atoms with Crippen molar-refractivity contribution in [2.24, 2.45) is 7.05 Å². The van der Waals surface area contributed by atoms with Crippen LogP contribution in [0.1, 0.15) is 73.1 Å². The highest BCUT2D eigenvalue weighted by Crippen LogP contribution is 2.44. The SMILES string of the molecule is C=C(/C=C\c1c(C)oc2c(C(C)C)c(-n3c(-c4cc5cc(C#N)ccc5cc4C)[n+](C)c4ccccc43)c(C(C)C)cc12)C(F)(F)F. The molecule has 0 aliphatic heterocycles. The van der Waals surface area contributed by atoms with Gasteiger partial charge in [-0.05, 0) is 84.5 Å². The van der Waals surface area contributed by atoms with Gasteiger partial charge in [0.25, 0.3) is 5.82 Å². The van der Waals surface area contributed by atoms with E-state index in [0.29, 0.717) is 22.5 Å². The van der Waals surface area contributed by atoms with Crippen molar-refractivity contribution < 1.29 is 22.2 Å². The number of rotatable bonds is 6. The molecule has 0 radical (unpaired) electrons. The van der Waals surface area contributed by atoms with Crippen LogP contribution in [-0.4, -0.2) is 10.7 Å². The van der Waals surface area contributed by atoms with Crippen molar-refractivity contribution in [1.82, 2.24) is 4.57 Å². The van der Waals surface area contributed by atoms with Crippen molar-refractivity contribution in [2.45, 2.75) is 59.6 Å². The largest absolute Gasteiger partial charge is 0.460 e. The average molecular weight is 633 g/mol. The molecule has 2 heterocycles. The molecule has 0 amide bonds. The van der Waals surface area contributed by atoms with E-state index >= 15 is 0 Å². The van der Waals surface area contributed by atoms with Crippen LogP contribution in [0.15, 0.2) is 83.3 Å². The molecule has 2 aromatic heterocycles. The smallest absolute Gasteiger partial charge is 0.415 e. The van der Waals surface area contributed by atoms with Gasteiger partial charge in [-0.1, -0.05) is 64.6 Å². The van der Waals surface area contributed by atoms with E-state index in [1.165, 1.54) is 6.08 Å². The molecule has 0 N–H and O–H groups in total. The molecule has 0 aliphatic carbocycles. The molecule has 47 heavy (non-hydrogen) atoms. The number of nitriles is 1. The van der Waals surface area contributed by atoms with E-state index in [9.17, 15) is 18.4 Å². The van der Waals surface area contributed by atoms with E-state index in [0.717, 1.165) is 67.0 Å². The molecule has 7 heteroatoms. The van der Waals surface area contributed by atoms with Gasteiger partial charge in [-0.2, -0.15) is 23.0 Å². The summed E-state index contributed by atoms with van der Waals surface area (Å²) >= 11 is 0. The number of fused-ring (bicyclic) bond motifs is 3. The number of nitrogens with zero attached hydrogens (tertiary/aromatic N) is 3. The topological polar surface area (TPSA) is 45.7 Å². The number of allylic oxidation sites excluding steroid dienone is 2. The molecular formula is C40H37F3N3O+. The Morgan fingerprint density at radius 3 is 2.36 bits per heavy atom. The molecule has 0 aliphatic rings. The number of halogens is 3. The van der Waals surface area contributed by atoms with Crippen LogP contribution in [0.3, 0.4) is 0 Å². The Morgan fingerprint density at radius 2 is 1.70 bits per heavy atom. The van der Waals surface area contributed by atoms with Gasteiger partial charge in [0.15, 0.2) is 11.0 Å². The van der Waals surface area contributed by atoms with Crippen LogP contribution >= 0.6 is 0 Å². The Labute approximate surface area is 272 Å². The van der Waals surface area contributed by atoms with E-state index in [4.69, 9.17) is 4.42 Å². The van der Waals surface area contributed by atoms with Crippen LogP contribution in [0.2, 0.25) is 0 Å². The lowest BCUT2D eigenvalue weighted by atomic mass is 9.89. The minimum Gasteiger partial charge on any atom is -0.460 e. The molecule has 6 rings (SSSR count).